The Kier molecular flexibility index (Phi) is 4.85. The minimum atomic E-state index is 0.660. The van der Waals surface area contributed by atoms with Crippen molar-refractivity contribution < 1.29 is 0 Å². The van der Waals surface area contributed by atoms with Crippen LogP contribution in [0.25, 0.3) is 0 Å². The normalized spacial score (nSPS) is 29.0. The Bertz CT molecular complexity index is 682. The number of allylic oxidation sites excluding steroid dienone is 2. The van der Waals surface area contributed by atoms with Gasteiger partial charge in [-0.05, 0) is 126 Å². The van der Waals surface area contributed by atoms with Gasteiger partial charge in [0.2, 0.25) is 0 Å². The van der Waals surface area contributed by atoms with Crippen LogP contribution in [0.2, 0.25) is 0 Å². The molecule has 0 saturated heterocycles. The molecule has 1 aliphatic heterocycles. The van der Waals surface area contributed by atoms with Crippen molar-refractivity contribution in [3.8, 4) is 0 Å². The Balaban J connectivity index is 1.69. The molecule has 1 N–H and O–H groups in total. The van der Waals surface area contributed by atoms with Gasteiger partial charge in [0.1, 0.15) is 0 Å². The van der Waals surface area contributed by atoms with Gasteiger partial charge in [-0.15, -0.1) is 0 Å². The molecule has 0 aromatic heterocycles. The van der Waals surface area contributed by atoms with Crippen LogP contribution in [0.5, 0.6) is 0 Å². The van der Waals surface area contributed by atoms with Gasteiger partial charge in [0.25, 0.3) is 0 Å². The van der Waals surface area contributed by atoms with Crippen molar-refractivity contribution in [2.75, 3.05) is 5.32 Å². The zero-order valence-electron chi connectivity index (χ0n) is 14.7. The first kappa shape index (κ1) is 17.1. The highest BCUT2D eigenvalue weighted by Crippen LogP contribution is 2.48. The van der Waals surface area contributed by atoms with E-state index in [1.165, 1.54) is 71.6 Å². The van der Waals surface area contributed by atoms with Gasteiger partial charge >= 0.3 is 0 Å². The fraction of sp³-hybridized carbons (Fsp3) is 0.619. The Morgan fingerprint density at radius 3 is 2.42 bits per heavy atom. The van der Waals surface area contributed by atoms with Crippen molar-refractivity contribution in [2.45, 2.75) is 71.3 Å². The van der Waals surface area contributed by atoms with E-state index in [0.29, 0.717) is 6.04 Å². The molecule has 2 atom stereocenters. The van der Waals surface area contributed by atoms with Crippen LogP contribution in [0.4, 0.5) is 5.69 Å². The van der Waals surface area contributed by atoms with Gasteiger partial charge in [0, 0.05) is 10.5 Å². The lowest BCUT2D eigenvalue weighted by atomic mass is 9.73. The third-order valence-electron chi connectivity index (χ3n) is 6.74. The zero-order valence-corrected chi connectivity index (χ0v) is 17.9. The second kappa shape index (κ2) is 6.79. The smallest absolute Gasteiger partial charge is 0.0554 e. The summed E-state index contributed by atoms with van der Waals surface area (Å²) in [6.07, 6.45) is 12.9. The molecule has 1 fully saturated rings. The van der Waals surface area contributed by atoms with E-state index in [2.05, 4.69) is 57.1 Å². The Hall–Kier alpha value is -0.280. The summed E-state index contributed by atoms with van der Waals surface area (Å²) < 4.78 is 2.50. The molecular formula is C21H27Br2N. The van der Waals surface area contributed by atoms with Crippen molar-refractivity contribution in [2.24, 2.45) is 11.8 Å². The summed E-state index contributed by atoms with van der Waals surface area (Å²) in [4.78, 5) is 0. The summed E-state index contributed by atoms with van der Waals surface area (Å²) in [6, 6.07) is 0.660. The van der Waals surface area contributed by atoms with E-state index < -0.39 is 0 Å². The van der Waals surface area contributed by atoms with Crippen molar-refractivity contribution in [1.82, 2.24) is 0 Å². The molecule has 2 aliphatic carbocycles. The number of anilines is 1. The van der Waals surface area contributed by atoms with Crippen LogP contribution in [-0.4, -0.2) is 6.04 Å². The predicted octanol–water partition coefficient (Wildman–Crippen LogP) is 6.95. The maximum Gasteiger partial charge on any atom is 0.0554 e. The van der Waals surface area contributed by atoms with E-state index >= 15 is 0 Å². The molecule has 3 aliphatic rings. The van der Waals surface area contributed by atoms with E-state index in [-0.39, 0.29) is 0 Å². The zero-order chi connectivity index (χ0) is 16.8. The number of halogens is 2. The van der Waals surface area contributed by atoms with Gasteiger partial charge in [-0.3, -0.25) is 0 Å². The molecule has 1 aromatic carbocycles. The summed E-state index contributed by atoms with van der Waals surface area (Å²) in [5.74, 6) is 1.66. The first-order chi connectivity index (χ1) is 11.6. The molecule has 2 unspecified atom stereocenters. The Labute approximate surface area is 162 Å². The molecule has 1 nitrogen and oxygen atoms in total. The second-order valence-electron chi connectivity index (χ2n) is 7.90. The Morgan fingerprint density at radius 2 is 1.71 bits per heavy atom. The standard InChI is InChI=1S/C21H27Br2N/c1-3-13-7-9-14(10-8-13)20-15-5-4-6-16-12(2)18(22)19(23)21(24-20)17(16)11-15/h3,14-15,20,24H,4-11H2,1-2H3. The molecule has 2 bridgehead atoms. The number of hydrogen-bond acceptors (Lipinski definition) is 1. The third kappa shape index (κ3) is 2.80. The molecule has 3 heteroatoms. The quantitative estimate of drug-likeness (QED) is 0.454. The summed E-state index contributed by atoms with van der Waals surface area (Å²) in [5, 5.41) is 4.02. The van der Waals surface area contributed by atoms with Gasteiger partial charge < -0.3 is 5.32 Å². The van der Waals surface area contributed by atoms with Crippen LogP contribution in [0.15, 0.2) is 20.6 Å². The summed E-state index contributed by atoms with van der Waals surface area (Å²) in [6.45, 7) is 4.48. The predicted molar refractivity (Wildman–Crippen MR) is 110 cm³/mol. The van der Waals surface area contributed by atoms with Crippen LogP contribution in [-0.2, 0) is 12.8 Å². The van der Waals surface area contributed by atoms with E-state index in [1.54, 1.807) is 16.7 Å². The lowest BCUT2D eigenvalue weighted by Crippen LogP contribution is -2.41. The van der Waals surface area contributed by atoms with Crippen LogP contribution in [0.1, 0.15) is 62.1 Å². The second-order valence-corrected chi connectivity index (χ2v) is 9.48. The topological polar surface area (TPSA) is 12.0 Å². The number of benzene rings is 1. The van der Waals surface area contributed by atoms with Crippen molar-refractivity contribution in [3.05, 3.63) is 37.3 Å². The summed E-state index contributed by atoms with van der Waals surface area (Å²) >= 11 is 7.71. The highest BCUT2D eigenvalue weighted by Gasteiger charge is 2.38. The number of rotatable bonds is 1. The molecule has 1 aromatic rings. The molecule has 0 radical (unpaired) electrons. The molecule has 0 amide bonds. The molecule has 1 saturated carbocycles. The first-order valence-corrected chi connectivity index (χ1v) is 11.1. The molecular weight excluding hydrogens is 426 g/mol. The molecule has 4 rings (SSSR count). The number of fused-ring (bicyclic) bond motifs is 1. The molecule has 1 heterocycles. The average molecular weight is 453 g/mol. The van der Waals surface area contributed by atoms with E-state index in [1.807, 2.05) is 0 Å². The fourth-order valence-corrected chi connectivity index (χ4v) is 6.38. The largest absolute Gasteiger partial charge is 0.381 e. The lowest BCUT2D eigenvalue weighted by Gasteiger charge is -2.42. The van der Waals surface area contributed by atoms with E-state index in [9.17, 15) is 0 Å². The van der Waals surface area contributed by atoms with Gasteiger partial charge in [-0.1, -0.05) is 11.6 Å². The summed E-state index contributed by atoms with van der Waals surface area (Å²) in [7, 11) is 0. The van der Waals surface area contributed by atoms with E-state index in [0.717, 1.165) is 11.8 Å². The maximum absolute atomic E-state index is 4.02. The van der Waals surface area contributed by atoms with Crippen LogP contribution in [0, 0.1) is 18.8 Å². The lowest BCUT2D eigenvalue weighted by molar-refractivity contribution is 0.263. The maximum atomic E-state index is 4.02. The van der Waals surface area contributed by atoms with Crippen molar-refractivity contribution >= 4 is 37.5 Å². The van der Waals surface area contributed by atoms with Crippen LogP contribution >= 0.6 is 31.9 Å². The van der Waals surface area contributed by atoms with Crippen LogP contribution < -0.4 is 5.32 Å². The first-order valence-electron chi connectivity index (χ1n) is 9.50. The van der Waals surface area contributed by atoms with Gasteiger partial charge in [-0.25, -0.2) is 0 Å². The van der Waals surface area contributed by atoms with Crippen molar-refractivity contribution in [1.29, 1.82) is 0 Å². The van der Waals surface area contributed by atoms with Gasteiger partial charge in [0.15, 0.2) is 0 Å². The van der Waals surface area contributed by atoms with Gasteiger partial charge in [0.05, 0.1) is 10.2 Å². The van der Waals surface area contributed by atoms with E-state index in [4.69, 9.17) is 0 Å². The van der Waals surface area contributed by atoms with Crippen molar-refractivity contribution in [3.63, 3.8) is 0 Å². The minimum absolute atomic E-state index is 0.660. The minimum Gasteiger partial charge on any atom is -0.381 e. The average Bonchev–Trinajstić information content (AvgIpc) is 2.80. The molecule has 0 spiro atoms. The fourth-order valence-electron chi connectivity index (χ4n) is 5.29. The monoisotopic (exact) mass is 451 g/mol. The molecule has 24 heavy (non-hydrogen) atoms. The summed E-state index contributed by atoms with van der Waals surface area (Å²) in [5.41, 5.74) is 7.71. The third-order valence-corrected chi connectivity index (χ3v) is 9.05. The van der Waals surface area contributed by atoms with Gasteiger partial charge in [-0.2, -0.15) is 0 Å². The SMILES string of the molecule is CC=C1CCC(C2Nc3c(Br)c(Br)c(C)c4c3CC2CCC4)CC1. The number of hydrogen-bond donors (Lipinski definition) is 1. The highest BCUT2D eigenvalue weighted by atomic mass is 79.9. The highest BCUT2D eigenvalue weighted by molar-refractivity contribution is 9.13. The molecule has 130 valence electrons. The Morgan fingerprint density at radius 1 is 0.958 bits per heavy atom. The number of nitrogens with one attached hydrogen (secondary N) is 1. The van der Waals surface area contributed by atoms with Crippen LogP contribution in [0.3, 0.4) is 0 Å².